The Kier molecular flexibility index (Phi) is 4.18. The molecule has 0 heterocycles. The van der Waals surface area contributed by atoms with Gasteiger partial charge in [0.1, 0.15) is 5.75 Å². The lowest BCUT2D eigenvalue weighted by Gasteiger charge is -2.10. The zero-order chi connectivity index (χ0) is 14.7. The van der Waals surface area contributed by atoms with Gasteiger partial charge < -0.3 is 4.65 Å². The first-order chi connectivity index (χ1) is 9.47. The Morgan fingerprint density at radius 2 is 1.60 bits per heavy atom. The van der Waals surface area contributed by atoms with Crippen LogP contribution >= 0.6 is 0 Å². The Labute approximate surface area is 116 Å². The Morgan fingerprint density at radius 3 is 2.20 bits per heavy atom. The highest BCUT2D eigenvalue weighted by molar-refractivity contribution is 6.35. The average molecular weight is 274 g/mol. The van der Waals surface area contributed by atoms with Crippen molar-refractivity contribution in [2.24, 2.45) is 0 Å². The van der Waals surface area contributed by atoms with Gasteiger partial charge in [-0.2, -0.15) is 0 Å². The van der Waals surface area contributed by atoms with Crippen LogP contribution in [0.4, 0.5) is 8.63 Å². The van der Waals surface area contributed by atoms with E-state index >= 15 is 0 Å². The molecule has 20 heavy (non-hydrogen) atoms. The van der Waals surface area contributed by atoms with E-state index in [0.717, 1.165) is 11.1 Å². The summed E-state index contributed by atoms with van der Waals surface area (Å²) in [6, 6.07) is 11.6. The first-order valence-corrected chi connectivity index (χ1v) is 6.14. The summed E-state index contributed by atoms with van der Waals surface area (Å²) in [7, 11) is -2.96. The van der Waals surface area contributed by atoms with Crippen LogP contribution in [0, 0.1) is 13.8 Å². The fourth-order valence-corrected chi connectivity index (χ4v) is 1.87. The van der Waals surface area contributed by atoms with E-state index in [4.69, 9.17) is 0 Å². The first-order valence-electron chi connectivity index (χ1n) is 6.14. The SMILES string of the molecule is Cc1ccc(C(=O)c2ccc(C)cc2OB(F)F)cc1. The van der Waals surface area contributed by atoms with E-state index in [2.05, 4.69) is 4.65 Å². The van der Waals surface area contributed by atoms with Crippen LogP contribution < -0.4 is 4.65 Å². The van der Waals surface area contributed by atoms with Gasteiger partial charge in [0.15, 0.2) is 5.78 Å². The smallest absolute Gasteiger partial charge is 0.505 e. The van der Waals surface area contributed by atoms with E-state index in [-0.39, 0.29) is 17.1 Å². The Balaban J connectivity index is 2.40. The minimum atomic E-state index is -2.96. The fraction of sp³-hybridized carbons (Fsp3) is 0.133. The molecule has 5 heteroatoms. The van der Waals surface area contributed by atoms with E-state index in [0.29, 0.717) is 5.56 Å². The molecule has 0 saturated carbocycles. The molecule has 2 nitrogen and oxygen atoms in total. The first kappa shape index (κ1) is 14.2. The minimum Gasteiger partial charge on any atom is -0.505 e. The molecule has 0 aromatic heterocycles. The maximum atomic E-state index is 12.4. The standard InChI is InChI=1S/C15H13BF2O2/c1-10-3-6-12(7-4-10)15(19)13-8-5-11(2)9-14(13)20-16(17)18/h3-9H,1-2H3. The van der Waals surface area contributed by atoms with Gasteiger partial charge in [0, 0.05) is 5.56 Å². The molecule has 0 aliphatic heterocycles. The summed E-state index contributed by atoms with van der Waals surface area (Å²) < 4.78 is 29.3. The van der Waals surface area contributed by atoms with E-state index < -0.39 is 7.47 Å². The molecule has 0 bridgehead atoms. The summed E-state index contributed by atoms with van der Waals surface area (Å²) in [6.45, 7) is 3.66. The third kappa shape index (κ3) is 3.23. The summed E-state index contributed by atoms with van der Waals surface area (Å²) in [5.74, 6) is -0.425. The van der Waals surface area contributed by atoms with Crippen molar-refractivity contribution in [2.75, 3.05) is 0 Å². The molecule has 0 atom stereocenters. The number of carbonyl (C=O) groups is 1. The van der Waals surface area contributed by atoms with E-state index in [1.807, 2.05) is 6.92 Å². The number of aryl methyl sites for hydroxylation is 2. The zero-order valence-electron chi connectivity index (χ0n) is 11.2. The molecule has 2 aromatic carbocycles. The number of hydrogen-bond acceptors (Lipinski definition) is 2. The van der Waals surface area contributed by atoms with Gasteiger partial charge in [-0.05, 0) is 31.5 Å². The van der Waals surface area contributed by atoms with Crippen LogP contribution in [0.3, 0.4) is 0 Å². The summed E-state index contributed by atoms with van der Waals surface area (Å²) >= 11 is 0. The monoisotopic (exact) mass is 274 g/mol. The molecular weight excluding hydrogens is 261 g/mol. The molecule has 0 fully saturated rings. The molecule has 0 aliphatic rings. The lowest BCUT2D eigenvalue weighted by molar-refractivity contribution is 0.103. The van der Waals surface area contributed by atoms with Gasteiger partial charge in [0.05, 0.1) is 5.56 Å². The highest BCUT2D eigenvalue weighted by atomic mass is 19.2. The summed E-state index contributed by atoms with van der Waals surface area (Å²) in [5.41, 5.74) is 2.36. The second-order valence-corrected chi connectivity index (χ2v) is 4.57. The number of ketones is 1. The summed E-state index contributed by atoms with van der Waals surface area (Å²) in [5, 5.41) is 0. The largest absolute Gasteiger partial charge is 0.796 e. The third-order valence-electron chi connectivity index (χ3n) is 2.91. The highest BCUT2D eigenvalue weighted by Gasteiger charge is 2.22. The van der Waals surface area contributed by atoms with Crippen LogP contribution in [-0.2, 0) is 0 Å². The molecule has 0 radical (unpaired) electrons. The van der Waals surface area contributed by atoms with Crippen molar-refractivity contribution in [2.45, 2.75) is 13.8 Å². The van der Waals surface area contributed by atoms with E-state index in [1.54, 1.807) is 37.3 Å². The number of carbonyl (C=O) groups excluding carboxylic acids is 1. The predicted molar refractivity (Wildman–Crippen MR) is 74.4 cm³/mol. The van der Waals surface area contributed by atoms with Gasteiger partial charge in [-0.15, -0.1) is 0 Å². The molecule has 102 valence electrons. The van der Waals surface area contributed by atoms with Gasteiger partial charge in [-0.1, -0.05) is 35.9 Å². The number of hydrogen-bond donors (Lipinski definition) is 0. The zero-order valence-corrected chi connectivity index (χ0v) is 11.2. The Morgan fingerprint density at radius 1 is 1.00 bits per heavy atom. The molecular formula is C15H13BF2O2. The van der Waals surface area contributed by atoms with Crippen LogP contribution in [-0.4, -0.2) is 13.3 Å². The molecule has 0 saturated heterocycles. The highest BCUT2D eigenvalue weighted by Crippen LogP contribution is 2.24. The number of benzene rings is 2. The number of halogens is 2. The van der Waals surface area contributed by atoms with Crippen molar-refractivity contribution in [3.63, 3.8) is 0 Å². The van der Waals surface area contributed by atoms with Gasteiger partial charge in [-0.25, -0.2) is 8.63 Å². The molecule has 0 amide bonds. The van der Waals surface area contributed by atoms with Crippen molar-refractivity contribution in [3.05, 3.63) is 64.7 Å². The van der Waals surface area contributed by atoms with Crippen molar-refractivity contribution < 1.29 is 18.1 Å². The minimum absolute atomic E-state index is 0.0921. The van der Waals surface area contributed by atoms with Crippen LogP contribution in [0.2, 0.25) is 0 Å². The Bertz CT molecular complexity index is 624. The van der Waals surface area contributed by atoms with E-state index in [9.17, 15) is 13.4 Å². The van der Waals surface area contributed by atoms with Crippen LogP contribution in [0.1, 0.15) is 27.0 Å². The lowest BCUT2D eigenvalue weighted by atomic mass is 10.00. The lowest BCUT2D eigenvalue weighted by Crippen LogP contribution is -2.13. The second-order valence-electron chi connectivity index (χ2n) is 4.57. The maximum absolute atomic E-state index is 12.4. The molecule has 2 aromatic rings. The van der Waals surface area contributed by atoms with Crippen molar-refractivity contribution >= 4 is 13.3 Å². The van der Waals surface area contributed by atoms with Gasteiger partial charge in [0.25, 0.3) is 0 Å². The second kappa shape index (κ2) is 5.86. The quantitative estimate of drug-likeness (QED) is 0.625. The molecule has 0 aliphatic carbocycles. The van der Waals surface area contributed by atoms with Crippen molar-refractivity contribution in [1.82, 2.24) is 0 Å². The van der Waals surface area contributed by atoms with Crippen molar-refractivity contribution in [1.29, 1.82) is 0 Å². The third-order valence-corrected chi connectivity index (χ3v) is 2.91. The Hall–Kier alpha value is -2.17. The molecule has 0 unspecified atom stereocenters. The fourth-order valence-electron chi connectivity index (χ4n) is 1.87. The van der Waals surface area contributed by atoms with Crippen LogP contribution in [0.25, 0.3) is 0 Å². The van der Waals surface area contributed by atoms with Gasteiger partial charge in [0.2, 0.25) is 0 Å². The molecule has 0 N–H and O–H groups in total. The van der Waals surface area contributed by atoms with Gasteiger partial charge >= 0.3 is 7.47 Å². The van der Waals surface area contributed by atoms with Gasteiger partial charge in [-0.3, -0.25) is 4.79 Å². The van der Waals surface area contributed by atoms with Crippen molar-refractivity contribution in [3.8, 4) is 5.75 Å². The normalized spacial score (nSPS) is 10.2. The topological polar surface area (TPSA) is 26.3 Å². The summed E-state index contributed by atoms with van der Waals surface area (Å²) in [6.07, 6.45) is 0. The predicted octanol–water partition coefficient (Wildman–Crippen LogP) is 3.84. The number of rotatable bonds is 4. The maximum Gasteiger partial charge on any atom is 0.796 e. The molecule has 2 rings (SSSR count). The summed E-state index contributed by atoms with van der Waals surface area (Å²) in [4.78, 5) is 12.3. The van der Waals surface area contributed by atoms with E-state index in [1.165, 1.54) is 12.1 Å². The van der Waals surface area contributed by atoms with Crippen LogP contribution in [0.15, 0.2) is 42.5 Å². The average Bonchev–Trinajstić information content (AvgIpc) is 2.38. The molecule has 0 spiro atoms. The van der Waals surface area contributed by atoms with Crippen LogP contribution in [0.5, 0.6) is 5.75 Å².